The lowest BCUT2D eigenvalue weighted by Crippen LogP contribution is -2.44. The van der Waals surface area contributed by atoms with Crippen LogP contribution in [-0.2, 0) is 22.6 Å². The topological polar surface area (TPSA) is 76.0 Å². The molecule has 0 radical (unpaired) electrons. The Morgan fingerprint density at radius 2 is 1.82 bits per heavy atom. The van der Waals surface area contributed by atoms with Gasteiger partial charge in [0.1, 0.15) is 0 Å². The highest BCUT2D eigenvalue weighted by Gasteiger charge is 2.37. The maximum Gasteiger partial charge on any atom is 0.220 e. The summed E-state index contributed by atoms with van der Waals surface area (Å²) < 4.78 is 1.91. The second kappa shape index (κ2) is 10.0. The molecule has 0 spiro atoms. The van der Waals surface area contributed by atoms with Gasteiger partial charge in [-0.05, 0) is 55.9 Å². The van der Waals surface area contributed by atoms with Gasteiger partial charge in [-0.15, -0.1) is 0 Å². The molecule has 0 saturated carbocycles. The zero-order valence-electron chi connectivity index (χ0n) is 19.4. The normalized spacial score (nSPS) is 17.7. The van der Waals surface area contributed by atoms with Crippen molar-refractivity contribution in [3.8, 4) is 11.1 Å². The van der Waals surface area contributed by atoms with E-state index in [2.05, 4.69) is 52.1 Å². The summed E-state index contributed by atoms with van der Waals surface area (Å²) in [5.74, 6) is 0.0809. The van der Waals surface area contributed by atoms with E-state index in [0.717, 1.165) is 24.2 Å². The number of carbonyl (C=O) groups excluding carboxylic acids is 2. The first-order chi connectivity index (χ1) is 15.9. The predicted molar refractivity (Wildman–Crippen MR) is 130 cm³/mol. The lowest BCUT2D eigenvalue weighted by Gasteiger charge is -2.29. The number of hydrogen-bond donors (Lipinski definition) is 2. The first kappa shape index (κ1) is 22.8. The molecule has 172 valence electrons. The maximum atomic E-state index is 12.5. The molecule has 2 aromatic carbocycles. The molecule has 2 amide bonds. The Morgan fingerprint density at radius 3 is 2.45 bits per heavy atom. The van der Waals surface area contributed by atoms with Crippen LogP contribution in [0, 0.1) is 13.8 Å². The zero-order chi connectivity index (χ0) is 23.3. The fourth-order valence-corrected chi connectivity index (χ4v) is 4.66. The van der Waals surface area contributed by atoms with Crippen LogP contribution in [0.4, 0.5) is 0 Å². The van der Waals surface area contributed by atoms with Gasteiger partial charge in [0, 0.05) is 30.6 Å². The Labute approximate surface area is 195 Å². The summed E-state index contributed by atoms with van der Waals surface area (Å²) in [6, 6.07) is 20.8. The van der Waals surface area contributed by atoms with Crippen molar-refractivity contribution < 1.29 is 9.59 Å². The Balaban J connectivity index is 1.33. The molecule has 1 fully saturated rings. The number of amides is 2. The van der Waals surface area contributed by atoms with E-state index in [-0.39, 0.29) is 17.4 Å². The SMILES string of the molecule is Cc1cc(C)n(CCNC(=O)CCC2(Cc3ccc(-c4ccccc4)cc3)CCC(=O)N2)n1. The van der Waals surface area contributed by atoms with E-state index >= 15 is 0 Å². The summed E-state index contributed by atoms with van der Waals surface area (Å²) in [4.78, 5) is 24.6. The van der Waals surface area contributed by atoms with Crippen molar-refractivity contribution in [3.63, 3.8) is 0 Å². The quantitative estimate of drug-likeness (QED) is 0.525. The van der Waals surface area contributed by atoms with Crippen molar-refractivity contribution in [2.24, 2.45) is 0 Å². The van der Waals surface area contributed by atoms with E-state index in [4.69, 9.17) is 0 Å². The Hall–Kier alpha value is -3.41. The van der Waals surface area contributed by atoms with Crippen molar-refractivity contribution in [1.82, 2.24) is 20.4 Å². The van der Waals surface area contributed by atoms with Crippen molar-refractivity contribution in [2.75, 3.05) is 6.54 Å². The van der Waals surface area contributed by atoms with Gasteiger partial charge in [0.25, 0.3) is 0 Å². The van der Waals surface area contributed by atoms with E-state index in [1.165, 1.54) is 16.7 Å². The summed E-state index contributed by atoms with van der Waals surface area (Å²) >= 11 is 0. The van der Waals surface area contributed by atoms with Crippen molar-refractivity contribution >= 4 is 11.8 Å². The van der Waals surface area contributed by atoms with Gasteiger partial charge >= 0.3 is 0 Å². The zero-order valence-corrected chi connectivity index (χ0v) is 19.4. The Morgan fingerprint density at radius 1 is 1.09 bits per heavy atom. The Bertz CT molecular complexity index is 1100. The molecule has 4 rings (SSSR count). The number of hydrogen-bond acceptors (Lipinski definition) is 3. The predicted octanol–water partition coefficient (Wildman–Crippen LogP) is 3.95. The highest BCUT2D eigenvalue weighted by molar-refractivity contribution is 5.80. The molecule has 0 bridgehead atoms. The standard InChI is InChI=1S/C27H32N4O2/c1-20-18-21(2)31(30-20)17-16-28-25(32)12-14-27(15-13-26(33)29-27)19-22-8-10-24(11-9-22)23-6-4-3-5-7-23/h3-11,18H,12-17,19H2,1-2H3,(H,28,32)(H,29,33). The molecule has 6 nitrogen and oxygen atoms in total. The van der Waals surface area contributed by atoms with E-state index in [9.17, 15) is 9.59 Å². The number of carbonyl (C=O) groups is 2. The van der Waals surface area contributed by atoms with Crippen LogP contribution >= 0.6 is 0 Å². The molecule has 1 saturated heterocycles. The van der Waals surface area contributed by atoms with Gasteiger partial charge in [-0.1, -0.05) is 54.6 Å². The number of nitrogens with zero attached hydrogens (tertiary/aromatic N) is 2. The summed E-state index contributed by atoms with van der Waals surface area (Å²) in [7, 11) is 0. The molecule has 1 aliphatic heterocycles. The van der Waals surface area contributed by atoms with Crippen LogP contribution in [0.1, 0.15) is 42.6 Å². The van der Waals surface area contributed by atoms with Gasteiger partial charge < -0.3 is 10.6 Å². The highest BCUT2D eigenvalue weighted by Crippen LogP contribution is 2.30. The number of aromatic nitrogens is 2. The molecule has 2 heterocycles. The van der Waals surface area contributed by atoms with Crippen molar-refractivity contribution in [1.29, 1.82) is 0 Å². The fourth-order valence-electron chi connectivity index (χ4n) is 4.66. The number of aryl methyl sites for hydroxylation is 2. The van der Waals surface area contributed by atoms with Gasteiger partial charge in [-0.3, -0.25) is 14.3 Å². The molecule has 6 heteroatoms. The van der Waals surface area contributed by atoms with Crippen molar-refractivity contribution in [3.05, 3.63) is 77.6 Å². The minimum absolute atomic E-state index is 0.0106. The second-order valence-corrected chi connectivity index (χ2v) is 9.07. The van der Waals surface area contributed by atoms with Crippen LogP contribution in [0.3, 0.4) is 0 Å². The largest absolute Gasteiger partial charge is 0.354 e. The molecule has 33 heavy (non-hydrogen) atoms. The Kier molecular flexibility index (Phi) is 6.92. The fraction of sp³-hybridized carbons (Fsp3) is 0.370. The third-order valence-corrected chi connectivity index (χ3v) is 6.42. The van der Waals surface area contributed by atoms with E-state index in [1.807, 2.05) is 42.8 Å². The number of nitrogens with one attached hydrogen (secondary N) is 2. The van der Waals surface area contributed by atoms with Crippen LogP contribution < -0.4 is 10.6 Å². The summed E-state index contributed by atoms with van der Waals surface area (Å²) in [6.45, 7) is 5.18. The molecule has 0 aliphatic carbocycles. The molecule has 1 unspecified atom stereocenters. The van der Waals surface area contributed by atoms with Gasteiger partial charge in [0.15, 0.2) is 0 Å². The number of rotatable bonds is 9. The van der Waals surface area contributed by atoms with E-state index in [1.54, 1.807) is 0 Å². The highest BCUT2D eigenvalue weighted by atomic mass is 16.2. The molecule has 1 atom stereocenters. The summed E-state index contributed by atoms with van der Waals surface area (Å²) in [5.41, 5.74) is 5.23. The smallest absolute Gasteiger partial charge is 0.220 e. The first-order valence-corrected chi connectivity index (χ1v) is 11.7. The average molecular weight is 445 g/mol. The van der Waals surface area contributed by atoms with Crippen molar-refractivity contribution in [2.45, 2.75) is 58.0 Å². The second-order valence-electron chi connectivity index (χ2n) is 9.07. The third-order valence-electron chi connectivity index (χ3n) is 6.42. The third kappa shape index (κ3) is 5.89. The lowest BCUT2D eigenvalue weighted by molar-refractivity contribution is -0.122. The minimum Gasteiger partial charge on any atom is -0.354 e. The van der Waals surface area contributed by atoms with Gasteiger partial charge in [0.05, 0.1) is 12.2 Å². The summed E-state index contributed by atoms with van der Waals surface area (Å²) in [6.07, 6.45) is 3.02. The monoisotopic (exact) mass is 444 g/mol. The summed E-state index contributed by atoms with van der Waals surface area (Å²) in [5, 5.41) is 10.6. The maximum absolute atomic E-state index is 12.5. The molecular formula is C27H32N4O2. The van der Waals surface area contributed by atoms with Crippen LogP contribution in [-0.4, -0.2) is 33.7 Å². The molecular weight excluding hydrogens is 412 g/mol. The number of benzene rings is 2. The lowest BCUT2D eigenvalue weighted by atomic mass is 9.84. The minimum atomic E-state index is -0.363. The first-order valence-electron chi connectivity index (χ1n) is 11.7. The molecule has 1 aromatic heterocycles. The van der Waals surface area contributed by atoms with Crippen LogP contribution in [0.15, 0.2) is 60.7 Å². The average Bonchev–Trinajstić information content (AvgIpc) is 3.34. The molecule has 1 aliphatic rings. The van der Waals surface area contributed by atoms with Gasteiger partial charge in [-0.25, -0.2) is 0 Å². The van der Waals surface area contributed by atoms with E-state index in [0.29, 0.717) is 32.4 Å². The van der Waals surface area contributed by atoms with E-state index < -0.39 is 0 Å². The van der Waals surface area contributed by atoms with Gasteiger partial charge in [0.2, 0.25) is 11.8 Å². The molecule has 2 N–H and O–H groups in total. The van der Waals surface area contributed by atoms with Crippen LogP contribution in [0.2, 0.25) is 0 Å². The van der Waals surface area contributed by atoms with Crippen LogP contribution in [0.25, 0.3) is 11.1 Å². The van der Waals surface area contributed by atoms with Gasteiger partial charge in [-0.2, -0.15) is 5.10 Å². The molecule has 3 aromatic rings. The van der Waals surface area contributed by atoms with Crippen LogP contribution in [0.5, 0.6) is 0 Å².